The van der Waals surface area contributed by atoms with E-state index < -0.39 is 5.91 Å². The summed E-state index contributed by atoms with van der Waals surface area (Å²) in [5.74, 6) is -0.835. The van der Waals surface area contributed by atoms with E-state index in [1.807, 2.05) is 24.3 Å². The Labute approximate surface area is 156 Å². The zero-order valence-electron chi connectivity index (χ0n) is 14.8. The lowest BCUT2D eigenvalue weighted by Gasteiger charge is -2.08. The molecule has 1 aromatic heterocycles. The Balaban J connectivity index is 1.52. The molecule has 0 saturated heterocycles. The summed E-state index contributed by atoms with van der Waals surface area (Å²) in [5.41, 5.74) is 7.95. The number of amides is 3. The Bertz CT molecular complexity index is 976. The number of hydrogen-bond donors (Lipinski definition) is 4. The van der Waals surface area contributed by atoms with Gasteiger partial charge in [-0.2, -0.15) is 0 Å². The van der Waals surface area contributed by atoms with E-state index in [2.05, 4.69) is 21.2 Å². The quantitative estimate of drug-likeness (QED) is 0.519. The third kappa shape index (κ3) is 4.72. The van der Waals surface area contributed by atoms with Crippen molar-refractivity contribution in [3.05, 3.63) is 71.4 Å². The van der Waals surface area contributed by atoms with Crippen LogP contribution < -0.4 is 16.2 Å². The molecule has 0 radical (unpaired) electrons. The highest BCUT2D eigenvalue weighted by Gasteiger charge is 2.10. The number of carbonyl (C=O) groups excluding carboxylic acids is 3. The number of nitrogens with one attached hydrogen (secondary N) is 4. The van der Waals surface area contributed by atoms with Crippen molar-refractivity contribution in [3.8, 4) is 0 Å². The average Bonchev–Trinajstić information content (AvgIpc) is 3.08. The summed E-state index contributed by atoms with van der Waals surface area (Å²) in [6.07, 6.45) is 1.94. The first-order valence-electron chi connectivity index (χ1n) is 8.50. The van der Waals surface area contributed by atoms with Gasteiger partial charge in [-0.05, 0) is 29.3 Å². The van der Waals surface area contributed by atoms with Crippen LogP contribution in [0.25, 0.3) is 10.9 Å². The molecule has 3 rings (SSSR count). The summed E-state index contributed by atoms with van der Waals surface area (Å²) >= 11 is 0. The van der Waals surface area contributed by atoms with Crippen LogP contribution in [0.3, 0.4) is 0 Å². The first kappa shape index (κ1) is 18.2. The van der Waals surface area contributed by atoms with Gasteiger partial charge in [0.05, 0.1) is 6.42 Å². The van der Waals surface area contributed by atoms with E-state index in [0.29, 0.717) is 12.1 Å². The predicted octanol–water partition coefficient (Wildman–Crippen LogP) is 1.81. The van der Waals surface area contributed by atoms with Crippen LogP contribution in [0, 0.1) is 0 Å². The summed E-state index contributed by atoms with van der Waals surface area (Å²) in [5, 5.41) is 3.67. The zero-order valence-corrected chi connectivity index (χ0v) is 14.8. The molecule has 0 aliphatic rings. The van der Waals surface area contributed by atoms with E-state index in [1.54, 1.807) is 30.5 Å². The molecule has 0 spiro atoms. The highest BCUT2D eigenvalue weighted by atomic mass is 16.2. The number of hydrogen-bond acceptors (Lipinski definition) is 3. The summed E-state index contributed by atoms with van der Waals surface area (Å²) in [4.78, 5) is 38.3. The van der Waals surface area contributed by atoms with Gasteiger partial charge in [-0.25, -0.2) is 0 Å². The second kappa shape index (κ2) is 8.18. The Kier molecular flexibility index (Phi) is 5.51. The fraction of sp³-hybridized carbons (Fsp3) is 0.150. The van der Waals surface area contributed by atoms with Gasteiger partial charge in [0.1, 0.15) is 0 Å². The van der Waals surface area contributed by atoms with Crippen molar-refractivity contribution >= 4 is 28.6 Å². The zero-order chi connectivity index (χ0) is 19.2. The molecular formula is C20H20N4O3. The minimum Gasteiger partial charge on any atom is -0.361 e. The number of H-pyrrole nitrogens is 1. The Morgan fingerprint density at radius 3 is 2.44 bits per heavy atom. The summed E-state index contributed by atoms with van der Waals surface area (Å²) in [6, 6.07) is 14.5. The number of para-hydroxylation sites is 1. The molecule has 2 aromatic carbocycles. The molecule has 3 aromatic rings. The highest BCUT2D eigenvalue weighted by molar-refractivity contribution is 5.96. The molecule has 138 valence electrons. The first-order valence-corrected chi connectivity index (χ1v) is 8.50. The Morgan fingerprint density at radius 1 is 0.963 bits per heavy atom. The summed E-state index contributed by atoms with van der Waals surface area (Å²) < 4.78 is 0. The van der Waals surface area contributed by atoms with Crippen molar-refractivity contribution in [3.63, 3.8) is 0 Å². The SMILES string of the molecule is CC(=O)NCc1ccc(C(=O)NNC(=O)Cc2c[nH]c3ccccc23)cc1. The molecule has 7 heteroatoms. The van der Waals surface area contributed by atoms with E-state index in [1.165, 1.54) is 6.92 Å². The van der Waals surface area contributed by atoms with Gasteiger partial charge in [0.15, 0.2) is 0 Å². The second-order valence-corrected chi connectivity index (χ2v) is 6.15. The monoisotopic (exact) mass is 364 g/mol. The van der Waals surface area contributed by atoms with Crippen molar-refractivity contribution in [1.82, 2.24) is 21.2 Å². The van der Waals surface area contributed by atoms with Gasteiger partial charge in [-0.15, -0.1) is 0 Å². The van der Waals surface area contributed by atoms with E-state index in [0.717, 1.165) is 22.0 Å². The number of aromatic amines is 1. The smallest absolute Gasteiger partial charge is 0.269 e. The van der Waals surface area contributed by atoms with Gasteiger partial charge in [-0.3, -0.25) is 25.2 Å². The van der Waals surface area contributed by atoms with Crippen LogP contribution in [0.5, 0.6) is 0 Å². The number of fused-ring (bicyclic) bond motifs is 1. The predicted molar refractivity (Wildman–Crippen MR) is 102 cm³/mol. The van der Waals surface area contributed by atoms with Crippen molar-refractivity contribution in [2.24, 2.45) is 0 Å². The molecule has 0 fully saturated rings. The fourth-order valence-electron chi connectivity index (χ4n) is 2.69. The highest BCUT2D eigenvalue weighted by Crippen LogP contribution is 2.17. The van der Waals surface area contributed by atoms with Gasteiger partial charge in [-0.1, -0.05) is 30.3 Å². The molecule has 0 aliphatic carbocycles. The van der Waals surface area contributed by atoms with Crippen LogP contribution in [0.4, 0.5) is 0 Å². The van der Waals surface area contributed by atoms with Crippen molar-refractivity contribution < 1.29 is 14.4 Å². The topological polar surface area (TPSA) is 103 Å². The number of benzene rings is 2. The Hall–Kier alpha value is -3.61. The van der Waals surface area contributed by atoms with Gasteiger partial charge >= 0.3 is 0 Å². The van der Waals surface area contributed by atoms with Crippen molar-refractivity contribution in [2.75, 3.05) is 0 Å². The number of rotatable bonds is 5. The maximum Gasteiger partial charge on any atom is 0.269 e. The van der Waals surface area contributed by atoms with Gasteiger partial charge in [0, 0.05) is 36.1 Å². The fourth-order valence-corrected chi connectivity index (χ4v) is 2.69. The third-order valence-electron chi connectivity index (χ3n) is 4.10. The number of hydrazine groups is 1. The number of aromatic nitrogens is 1. The molecule has 0 unspecified atom stereocenters. The lowest BCUT2D eigenvalue weighted by Crippen LogP contribution is -2.42. The lowest BCUT2D eigenvalue weighted by molar-refractivity contribution is -0.121. The second-order valence-electron chi connectivity index (χ2n) is 6.15. The maximum absolute atomic E-state index is 12.1. The molecule has 0 aliphatic heterocycles. The third-order valence-corrected chi connectivity index (χ3v) is 4.10. The van der Waals surface area contributed by atoms with Crippen molar-refractivity contribution in [1.29, 1.82) is 0 Å². The summed E-state index contributed by atoms with van der Waals surface area (Å²) in [7, 11) is 0. The lowest BCUT2D eigenvalue weighted by atomic mass is 10.1. The minimum atomic E-state index is -0.409. The Morgan fingerprint density at radius 2 is 1.70 bits per heavy atom. The molecule has 0 atom stereocenters. The first-order chi connectivity index (χ1) is 13.0. The minimum absolute atomic E-state index is 0.116. The molecule has 7 nitrogen and oxygen atoms in total. The number of carbonyl (C=O) groups is 3. The molecule has 0 bridgehead atoms. The van der Waals surface area contributed by atoms with Crippen molar-refractivity contribution in [2.45, 2.75) is 19.9 Å². The molecular weight excluding hydrogens is 344 g/mol. The molecule has 27 heavy (non-hydrogen) atoms. The van der Waals surface area contributed by atoms with E-state index in [-0.39, 0.29) is 18.2 Å². The van der Waals surface area contributed by atoms with Crippen LogP contribution >= 0.6 is 0 Å². The molecule has 3 amide bonds. The van der Waals surface area contributed by atoms with Crippen LogP contribution in [0.2, 0.25) is 0 Å². The molecule has 0 saturated carbocycles. The normalized spacial score (nSPS) is 10.4. The summed E-state index contributed by atoms with van der Waals surface area (Å²) in [6.45, 7) is 1.85. The standard InChI is InChI=1S/C20H20N4O3/c1-13(25)21-11-14-6-8-15(9-7-14)20(27)24-23-19(26)10-16-12-22-18-5-3-2-4-17(16)18/h2-9,12,22H,10-11H2,1H3,(H,21,25)(H,23,26)(H,24,27). The van der Waals surface area contributed by atoms with Gasteiger partial charge in [0.2, 0.25) is 11.8 Å². The maximum atomic E-state index is 12.1. The molecule has 4 N–H and O–H groups in total. The van der Waals surface area contributed by atoms with Crippen LogP contribution in [0.1, 0.15) is 28.4 Å². The average molecular weight is 364 g/mol. The van der Waals surface area contributed by atoms with Crippen LogP contribution in [-0.2, 0) is 22.6 Å². The van der Waals surface area contributed by atoms with Crippen LogP contribution in [-0.4, -0.2) is 22.7 Å². The largest absolute Gasteiger partial charge is 0.361 e. The van der Waals surface area contributed by atoms with E-state index in [9.17, 15) is 14.4 Å². The molecule has 1 heterocycles. The van der Waals surface area contributed by atoms with E-state index >= 15 is 0 Å². The van der Waals surface area contributed by atoms with Gasteiger partial charge in [0.25, 0.3) is 5.91 Å². The van der Waals surface area contributed by atoms with Gasteiger partial charge < -0.3 is 10.3 Å². The van der Waals surface area contributed by atoms with E-state index in [4.69, 9.17) is 0 Å². The van der Waals surface area contributed by atoms with Crippen LogP contribution in [0.15, 0.2) is 54.7 Å².